The van der Waals surface area contributed by atoms with Crippen molar-refractivity contribution in [3.63, 3.8) is 0 Å². The highest BCUT2D eigenvalue weighted by Crippen LogP contribution is 2.43. The minimum absolute atomic E-state index is 0.0117. The number of nitrogens with one attached hydrogen (secondary N) is 1. The maximum atomic E-state index is 13.5. The maximum absolute atomic E-state index is 13.5. The minimum Gasteiger partial charge on any atom is -0.302 e. The van der Waals surface area contributed by atoms with Crippen LogP contribution in [0.5, 0.6) is 0 Å². The lowest BCUT2D eigenvalue weighted by molar-refractivity contribution is -0.170. The molecule has 0 bridgehead atoms. The van der Waals surface area contributed by atoms with Crippen LogP contribution in [0.15, 0.2) is 12.1 Å². The number of amides is 1. The molecule has 1 aromatic rings. The second kappa shape index (κ2) is 6.52. The number of hydroxylamine groups is 2. The summed E-state index contributed by atoms with van der Waals surface area (Å²) in [6.07, 6.45) is 1.15. The number of hydrogen-bond acceptors (Lipinski definition) is 5. The zero-order valence-corrected chi connectivity index (χ0v) is 15.7. The molecule has 2 aliphatic heterocycles. The van der Waals surface area contributed by atoms with Gasteiger partial charge in [0.1, 0.15) is 11.5 Å². The smallest absolute Gasteiger partial charge is 0.252 e. The first-order valence-corrected chi connectivity index (χ1v) is 8.78. The molecule has 3 rings (SSSR count). The average Bonchev–Trinajstić information content (AvgIpc) is 2.76. The Hall–Kier alpha value is -1.76. The number of ketones is 1. The van der Waals surface area contributed by atoms with E-state index < -0.39 is 11.5 Å². The van der Waals surface area contributed by atoms with Crippen molar-refractivity contribution in [2.24, 2.45) is 0 Å². The summed E-state index contributed by atoms with van der Waals surface area (Å²) >= 11 is 0. The third kappa shape index (κ3) is 2.69. The lowest BCUT2D eigenvalue weighted by Crippen LogP contribution is -2.59. The number of piperidine rings is 1. The predicted octanol–water partition coefficient (Wildman–Crippen LogP) is 1.64. The molecule has 0 aliphatic carbocycles. The van der Waals surface area contributed by atoms with Crippen molar-refractivity contribution >= 4 is 11.7 Å². The van der Waals surface area contributed by atoms with Crippen LogP contribution in [-0.2, 0) is 14.4 Å². The van der Waals surface area contributed by atoms with E-state index in [0.29, 0.717) is 25.9 Å². The van der Waals surface area contributed by atoms with Crippen LogP contribution in [0.4, 0.5) is 0 Å². The van der Waals surface area contributed by atoms with E-state index in [-0.39, 0.29) is 11.7 Å². The fourth-order valence-corrected chi connectivity index (χ4v) is 4.57. The van der Waals surface area contributed by atoms with Crippen LogP contribution in [0.25, 0.3) is 0 Å². The van der Waals surface area contributed by atoms with Gasteiger partial charge in [0.15, 0.2) is 5.78 Å². The first kappa shape index (κ1) is 18.0. The fourth-order valence-electron chi connectivity index (χ4n) is 4.57. The van der Waals surface area contributed by atoms with Crippen molar-refractivity contribution < 1.29 is 14.4 Å². The summed E-state index contributed by atoms with van der Waals surface area (Å²) < 4.78 is 0. The number of carbonyl (C=O) groups excluding carboxylic acids is 2. The summed E-state index contributed by atoms with van der Waals surface area (Å²) in [5, 5.41) is 3.41. The Bertz CT molecular complexity index is 685. The monoisotopic (exact) mass is 345 g/mol. The molecule has 6 heteroatoms. The second-order valence-corrected chi connectivity index (χ2v) is 7.15. The molecule has 0 saturated carbocycles. The van der Waals surface area contributed by atoms with Crippen LogP contribution in [0, 0.1) is 20.8 Å². The van der Waals surface area contributed by atoms with Crippen LogP contribution in [0.2, 0.25) is 0 Å². The summed E-state index contributed by atoms with van der Waals surface area (Å²) in [6.45, 7) is 7.26. The van der Waals surface area contributed by atoms with E-state index in [1.807, 2.05) is 38.0 Å². The molecule has 6 nitrogen and oxygen atoms in total. The molecule has 1 N–H and O–H groups in total. The lowest BCUT2D eigenvalue weighted by atomic mass is 9.78. The molecule has 1 atom stereocenters. The van der Waals surface area contributed by atoms with Crippen molar-refractivity contribution in [3.05, 3.63) is 34.4 Å². The molecular weight excluding hydrogens is 318 g/mol. The number of rotatable bonds is 3. The zero-order chi connectivity index (χ0) is 18.4. The Balaban J connectivity index is 2.04. The highest BCUT2D eigenvalue weighted by molar-refractivity contribution is 6.17. The Labute approximate surface area is 149 Å². The fraction of sp³-hybridized carbons (Fsp3) is 0.579. The Morgan fingerprint density at radius 2 is 1.68 bits per heavy atom. The van der Waals surface area contributed by atoms with Crippen LogP contribution in [0.3, 0.4) is 0 Å². The largest absolute Gasteiger partial charge is 0.302 e. The maximum Gasteiger partial charge on any atom is 0.252 e. The van der Waals surface area contributed by atoms with Crippen molar-refractivity contribution in [2.75, 3.05) is 27.2 Å². The molecule has 2 aliphatic rings. The first-order valence-electron chi connectivity index (χ1n) is 8.78. The van der Waals surface area contributed by atoms with E-state index in [1.165, 1.54) is 0 Å². The molecule has 1 spiro atoms. The number of hydrazine groups is 1. The van der Waals surface area contributed by atoms with Gasteiger partial charge in [-0.1, -0.05) is 17.7 Å². The minimum atomic E-state index is -0.782. The second-order valence-electron chi connectivity index (χ2n) is 7.15. The summed E-state index contributed by atoms with van der Waals surface area (Å²) in [4.78, 5) is 31.9. The lowest BCUT2D eigenvalue weighted by Gasteiger charge is -2.41. The highest BCUT2D eigenvalue weighted by atomic mass is 16.7. The van der Waals surface area contributed by atoms with Gasteiger partial charge < -0.3 is 4.84 Å². The van der Waals surface area contributed by atoms with Gasteiger partial charge in [-0.2, -0.15) is 5.06 Å². The molecule has 1 unspecified atom stereocenters. The van der Waals surface area contributed by atoms with Gasteiger partial charge in [0.25, 0.3) is 5.91 Å². The topological polar surface area (TPSA) is 61.9 Å². The Kier molecular flexibility index (Phi) is 4.70. The molecule has 2 saturated heterocycles. The van der Waals surface area contributed by atoms with Crippen molar-refractivity contribution in [2.45, 2.75) is 45.1 Å². The van der Waals surface area contributed by atoms with E-state index >= 15 is 0 Å². The average molecular weight is 345 g/mol. The number of nitrogens with zero attached hydrogens (tertiary/aromatic N) is 2. The summed E-state index contributed by atoms with van der Waals surface area (Å²) in [5.74, 6) is -0.853. The van der Waals surface area contributed by atoms with Gasteiger partial charge in [0, 0.05) is 20.1 Å². The number of hydrogen-bond donors (Lipinski definition) is 1. The number of Topliss-reactive ketones (excluding diaryl/α,β-unsaturated/α-hetero) is 1. The number of aryl methyl sites for hydroxylation is 3. The third-order valence-electron chi connectivity index (χ3n) is 5.67. The standard InChI is InChI=1S/C19H27N3O3/c1-12-10-13(2)15(14(3)11-12)16-17(23)19(22(20-4)18(16)24)6-8-21(25-5)9-7-19/h10-11,16,20H,6-9H2,1-5H3. The first-order chi connectivity index (χ1) is 11.9. The molecule has 1 amide bonds. The van der Waals surface area contributed by atoms with Crippen molar-refractivity contribution in [1.82, 2.24) is 15.5 Å². The van der Waals surface area contributed by atoms with Crippen molar-refractivity contribution in [1.29, 1.82) is 0 Å². The van der Waals surface area contributed by atoms with Crippen LogP contribution in [0.1, 0.15) is 41.0 Å². The van der Waals surface area contributed by atoms with Crippen LogP contribution < -0.4 is 5.43 Å². The summed E-state index contributed by atoms with van der Waals surface area (Å²) in [5.41, 5.74) is 6.23. The third-order valence-corrected chi connectivity index (χ3v) is 5.67. The molecule has 2 heterocycles. The van der Waals surface area contributed by atoms with Gasteiger partial charge in [-0.05, 0) is 50.3 Å². The molecule has 1 aromatic carbocycles. The van der Waals surface area contributed by atoms with Gasteiger partial charge in [-0.25, -0.2) is 5.43 Å². The van der Waals surface area contributed by atoms with Gasteiger partial charge in [0.2, 0.25) is 0 Å². The molecule has 0 aromatic heterocycles. The Morgan fingerprint density at radius 3 is 2.16 bits per heavy atom. The van der Waals surface area contributed by atoms with E-state index in [0.717, 1.165) is 22.3 Å². The van der Waals surface area contributed by atoms with Crippen molar-refractivity contribution in [3.8, 4) is 0 Å². The Morgan fingerprint density at radius 1 is 1.12 bits per heavy atom. The number of carbonyl (C=O) groups is 2. The SMILES string of the molecule is CNN1C(=O)C(c2c(C)cc(C)cc2C)C(=O)C12CCN(OC)CC2. The number of benzene rings is 1. The predicted molar refractivity (Wildman–Crippen MR) is 94.9 cm³/mol. The van der Waals surface area contributed by atoms with Crippen LogP contribution in [-0.4, -0.2) is 54.5 Å². The molecule has 2 fully saturated rings. The molecule has 0 radical (unpaired) electrons. The zero-order valence-electron chi connectivity index (χ0n) is 15.7. The summed E-state index contributed by atoms with van der Waals surface area (Å²) in [6, 6.07) is 4.09. The molecule has 25 heavy (non-hydrogen) atoms. The molecular formula is C19H27N3O3. The molecule has 136 valence electrons. The van der Waals surface area contributed by atoms with E-state index in [9.17, 15) is 9.59 Å². The van der Waals surface area contributed by atoms with Gasteiger partial charge >= 0.3 is 0 Å². The van der Waals surface area contributed by atoms with Gasteiger partial charge in [-0.15, -0.1) is 0 Å². The van der Waals surface area contributed by atoms with Gasteiger partial charge in [0.05, 0.1) is 7.11 Å². The van der Waals surface area contributed by atoms with Crippen LogP contribution >= 0.6 is 0 Å². The van der Waals surface area contributed by atoms with E-state index in [1.54, 1.807) is 19.2 Å². The van der Waals surface area contributed by atoms with E-state index in [4.69, 9.17) is 4.84 Å². The van der Waals surface area contributed by atoms with E-state index in [2.05, 4.69) is 5.43 Å². The normalized spacial score (nSPS) is 23.7. The quantitative estimate of drug-likeness (QED) is 0.844. The van der Waals surface area contributed by atoms with Gasteiger partial charge in [-0.3, -0.25) is 14.6 Å². The highest BCUT2D eigenvalue weighted by Gasteiger charge is 2.59. The summed E-state index contributed by atoms with van der Waals surface area (Å²) in [7, 11) is 3.35.